The molecule has 6 heteroatoms. The Labute approximate surface area is 120 Å². The number of benzene rings is 1. The molecule has 0 radical (unpaired) electrons. The van der Waals surface area contributed by atoms with Gasteiger partial charge in [-0.15, -0.1) is 0 Å². The SMILES string of the molecule is FC(F)(F)C1(c2ccccc2)OOC2(CCCCCC2)O1. The minimum atomic E-state index is -4.72. The largest absolute Gasteiger partial charge is 0.451 e. The van der Waals surface area contributed by atoms with Crippen molar-refractivity contribution in [2.24, 2.45) is 0 Å². The van der Waals surface area contributed by atoms with E-state index < -0.39 is 17.8 Å². The molecule has 1 aliphatic heterocycles. The van der Waals surface area contributed by atoms with Crippen LogP contribution in [0.15, 0.2) is 30.3 Å². The summed E-state index contributed by atoms with van der Waals surface area (Å²) in [5, 5.41) is 0. The van der Waals surface area contributed by atoms with Crippen LogP contribution in [0.3, 0.4) is 0 Å². The van der Waals surface area contributed by atoms with Crippen molar-refractivity contribution in [2.75, 3.05) is 0 Å². The first-order valence-corrected chi connectivity index (χ1v) is 7.17. The van der Waals surface area contributed by atoms with Gasteiger partial charge in [0, 0.05) is 18.4 Å². The summed E-state index contributed by atoms with van der Waals surface area (Å²) in [7, 11) is 0. The van der Waals surface area contributed by atoms with Gasteiger partial charge in [-0.1, -0.05) is 43.2 Å². The van der Waals surface area contributed by atoms with Crippen LogP contribution in [0.25, 0.3) is 0 Å². The summed E-state index contributed by atoms with van der Waals surface area (Å²) in [6.07, 6.45) is -0.407. The average Bonchev–Trinajstić information content (AvgIpc) is 2.69. The predicted molar refractivity (Wildman–Crippen MR) is 67.9 cm³/mol. The lowest BCUT2D eigenvalue weighted by Gasteiger charge is -2.30. The molecule has 2 aliphatic rings. The zero-order valence-electron chi connectivity index (χ0n) is 11.5. The van der Waals surface area contributed by atoms with Crippen LogP contribution in [-0.4, -0.2) is 12.0 Å². The average molecular weight is 302 g/mol. The monoisotopic (exact) mass is 302 g/mol. The molecule has 1 heterocycles. The van der Waals surface area contributed by atoms with E-state index in [0.29, 0.717) is 12.8 Å². The van der Waals surface area contributed by atoms with E-state index in [-0.39, 0.29) is 5.56 Å². The molecule has 0 bridgehead atoms. The van der Waals surface area contributed by atoms with Crippen LogP contribution in [0, 0.1) is 0 Å². The maximum absolute atomic E-state index is 13.6. The highest BCUT2D eigenvalue weighted by Crippen LogP contribution is 2.53. The molecular weight excluding hydrogens is 285 g/mol. The van der Waals surface area contributed by atoms with Crippen molar-refractivity contribution < 1.29 is 27.7 Å². The van der Waals surface area contributed by atoms with E-state index in [9.17, 15) is 13.2 Å². The van der Waals surface area contributed by atoms with Crippen molar-refractivity contribution in [1.29, 1.82) is 0 Å². The molecule has 1 spiro atoms. The fourth-order valence-corrected chi connectivity index (χ4v) is 2.92. The predicted octanol–water partition coefficient (Wildman–Crippen LogP) is 4.43. The van der Waals surface area contributed by atoms with Crippen molar-refractivity contribution in [3.63, 3.8) is 0 Å². The van der Waals surface area contributed by atoms with Gasteiger partial charge in [-0.25, -0.2) is 0 Å². The maximum Gasteiger partial charge on any atom is 0.451 e. The summed E-state index contributed by atoms with van der Waals surface area (Å²) in [5.41, 5.74) is -0.0985. The summed E-state index contributed by atoms with van der Waals surface area (Å²) in [4.78, 5) is 9.91. The van der Waals surface area contributed by atoms with E-state index in [4.69, 9.17) is 14.5 Å². The lowest BCUT2D eigenvalue weighted by atomic mass is 10.0. The summed E-state index contributed by atoms with van der Waals surface area (Å²) < 4.78 is 46.3. The van der Waals surface area contributed by atoms with Gasteiger partial charge in [0.1, 0.15) is 0 Å². The highest BCUT2D eigenvalue weighted by Gasteiger charge is 2.68. The molecule has 116 valence electrons. The van der Waals surface area contributed by atoms with Gasteiger partial charge in [0.2, 0.25) is 5.79 Å². The first-order chi connectivity index (χ1) is 9.98. The maximum atomic E-state index is 13.6. The number of alkyl halides is 3. The summed E-state index contributed by atoms with van der Waals surface area (Å²) in [5.74, 6) is -4.12. The molecule has 0 N–H and O–H groups in total. The van der Waals surface area contributed by atoms with Crippen molar-refractivity contribution in [3.05, 3.63) is 35.9 Å². The third-order valence-electron chi connectivity index (χ3n) is 4.03. The normalized spacial score (nSPS) is 29.5. The molecule has 3 rings (SSSR count). The third-order valence-corrected chi connectivity index (χ3v) is 4.03. The molecule has 2 fully saturated rings. The van der Waals surface area contributed by atoms with Gasteiger partial charge in [-0.05, 0) is 12.8 Å². The van der Waals surface area contributed by atoms with Gasteiger partial charge < -0.3 is 4.74 Å². The Hall–Kier alpha value is -1.11. The minimum absolute atomic E-state index is 0.0985. The molecule has 1 saturated carbocycles. The Kier molecular flexibility index (Phi) is 3.71. The molecule has 1 atom stereocenters. The van der Waals surface area contributed by atoms with Crippen molar-refractivity contribution in [3.8, 4) is 0 Å². The first kappa shape index (κ1) is 14.8. The lowest BCUT2D eigenvalue weighted by molar-refractivity contribution is -0.421. The second-order valence-corrected chi connectivity index (χ2v) is 5.57. The smallest absolute Gasteiger partial charge is 0.301 e. The summed E-state index contributed by atoms with van der Waals surface area (Å²) in [6, 6.07) is 7.37. The van der Waals surface area contributed by atoms with Gasteiger partial charge in [-0.3, -0.25) is 0 Å². The topological polar surface area (TPSA) is 27.7 Å². The van der Waals surface area contributed by atoms with Crippen LogP contribution < -0.4 is 0 Å². The van der Waals surface area contributed by atoms with E-state index in [1.54, 1.807) is 6.07 Å². The highest BCUT2D eigenvalue weighted by atomic mass is 19.4. The zero-order chi connectivity index (χ0) is 15.0. The Morgan fingerprint density at radius 1 is 0.857 bits per heavy atom. The fraction of sp³-hybridized carbons (Fsp3) is 0.600. The second-order valence-electron chi connectivity index (χ2n) is 5.57. The number of hydrogen-bond acceptors (Lipinski definition) is 3. The van der Waals surface area contributed by atoms with E-state index in [0.717, 1.165) is 25.7 Å². The first-order valence-electron chi connectivity index (χ1n) is 7.17. The van der Waals surface area contributed by atoms with Crippen molar-refractivity contribution >= 4 is 0 Å². The fourth-order valence-electron chi connectivity index (χ4n) is 2.92. The van der Waals surface area contributed by atoms with Crippen LogP contribution in [0.5, 0.6) is 0 Å². The van der Waals surface area contributed by atoms with Crippen molar-refractivity contribution in [2.45, 2.75) is 56.3 Å². The molecule has 1 aliphatic carbocycles. The van der Waals surface area contributed by atoms with Gasteiger partial charge in [-0.2, -0.15) is 22.9 Å². The van der Waals surface area contributed by atoms with E-state index in [2.05, 4.69) is 0 Å². The third kappa shape index (κ3) is 2.56. The molecule has 21 heavy (non-hydrogen) atoms. The van der Waals surface area contributed by atoms with Crippen LogP contribution in [0.4, 0.5) is 13.2 Å². The molecule has 1 aromatic carbocycles. The Bertz CT molecular complexity index is 481. The van der Waals surface area contributed by atoms with E-state index in [1.807, 2.05) is 0 Å². The van der Waals surface area contributed by atoms with Crippen LogP contribution in [0.1, 0.15) is 44.1 Å². The quantitative estimate of drug-likeness (QED) is 0.718. The number of ether oxygens (including phenoxy) is 1. The minimum Gasteiger partial charge on any atom is -0.301 e. The highest BCUT2D eigenvalue weighted by molar-refractivity contribution is 5.22. The summed E-state index contributed by atoms with van der Waals surface area (Å²) >= 11 is 0. The Morgan fingerprint density at radius 2 is 1.48 bits per heavy atom. The molecule has 0 aromatic heterocycles. The molecular formula is C15H17F3O3. The van der Waals surface area contributed by atoms with Crippen LogP contribution in [0.2, 0.25) is 0 Å². The molecule has 1 aromatic rings. The second kappa shape index (κ2) is 5.26. The molecule has 1 unspecified atom stereocenters. The Morgan fingerprint density at radius 3 is 2.05 bits per heavy atom. The Balaban J connectivity index is 1.96. The van der Waals surface area contributed by atoms with E-state index >= 15 is 0 Å². The molecule has 3 nitrogen and oxygen atoms in total. The van der Waals surface area contributed by atoms with Gasteiger partial charge in [0.15, 0.2) is 0 Å². The number of halogens is 3. The standard InChI is InChI=1S/C15H17F3O3/c16-15(17,18)14(12-8-4-3-5-9-12)19-13(20-21-14)10-6-1-2-7-11-13/h3-5,8-9H,1-2,6-7,10-11H2. The lowest BCUT2D eigenvalue weighted by Crippen LogP contribution is -2.45. The van der Waals surface area contributed by atoms with Gasteiger partial charge in [0.25, 0.3) is 0 Å². The molecule has 1 saturated heterocycles. The van der Waals surface area contributed by atoms with Gasteiger partial charge >= 0.3 is 12.0 Å². The van der Waals surface area contributed by atoms with E-state index in [1.165, 1.54) is 24.3 Å². The van der Waals surface area contributed by atoms with Crippen molar-refractivity contribution in [1.82, 2.24) is 0 Å². The zero-order valence-corrected chi connectivity index (χ0v) is 11.5. The van der Waals surface area contributed by atoms with Crippen LogP contribution in [-0.2, 0) is 20.3 Å². The van der Waals surface area contributed by atoms with Gasteiger partial charge in [0.05, 0.1) is 0 Å². The molecule has 0 amide bonds. The summed E-state index contributed by atoms with van der Waals surface area (Å²) in [6.45, 7) is 0. The van der Waals surface area contributed by atoms with Crippen LogP contribution >= 0.6 is 0 Å². The number of hydrogen-bond donors (Lipinski definition) is 0. The number of rotatable bonds is 1.